The molecule has 6 nitrogen and oxygen atoms in total. The monoisotopic (exact) mass is 387 g/mol. The number of piperazine rings is 1. The Kier molecular flexibility index (Phi) is 6.45. The van der Waals surface area contributed by atoms with Crippen molar-refractivity contribution in [2.24, 2.45) is 0 Å². The van der Waals surface area contributed by atoms with Gasteiger partial charge in [0.05, 0.1) is 11.9 Å². The summed E-state index contributed by atoms with van der Waals surface area (Å²) in [6.07, 6.45) is 3.74. The average molecular weight is 388 g/mol. The van der Waals surface area contributed by atoms with E-state index in [-0.39, 0.29) is 11.9 Å². The minimum Gasteiger partial charge on any atom is -0.460 e. The number of aryl methyl sites for hydroxylation is 2. The minimum atomic E-state index is -0.253. The van der Waals surface area contributed by atoms with Gasteiger partial charge in [-0.25, -0.2) is 0 Å². The summed E-state index contributed by atoms with van der Waals surface area (Å²) in [5.41, 5.74) is 2.18. The number of carbonyl (C=O) groups is 2. The smallest absolute Gasteiger partial charge is 0.302 e. The summed E-state index contributed by atoms with van der Waals surface area (Å²) in [4.78, 5) is 33.4. The highest BCUT2D eigenvalue weighted by Crippen LogP contribution is 2.20. The van der Waals surface area contributed by atoms with Crippen LogP contribution in [0.15, 0.2) is 30.5 Å². The Labute approximate surface area is 163 Å². The fourth-order valence-electron chi connectivity index (χ4n) is 3.09. The van der Waals surface area contributed by atoms with Crippen molar-refractivity contribution in [3.63, 3.8) is 0 Å². The second-order valence-electron chi connectivity index (χ2n) is 6.65. The van der Waals surface area contributed by atoms with Crippen LogP contribution < -0.4 is 4.90 Å². The van der Waals surface area contributed by atoms with Gasteiger partial charge in [-0.3, -0.25) is 14.6 Å². The number of hydrogen-bond acceptors (Lipinski definition) is 6. The number of pyridine rings is 1. The first-order valence-electron chi connectivity index (χ1n) is 9.17. The SMILES string of the molecule is CC(=O)OCc1ccc(CCc2ccc(N3CCN(C(C)=O)CC3)cn2)s1. The lowest BCUT2D eigenvalue weighted by Crippen LogP contribution is -2.48. The van der Waals surface area contributed by atoms with E-state index < -0.39 is 0 Å². The van der Waals surface area contributed by atoms with Crippen LogP contribution in [0.5, 0.6) is 0 Å². The molecule has 1 fully saturated rings. The molecule has 0 bridgehead atoms. The average Bonchev–Trinajstić information content (AvgIpc) is 3.13. The number of aromatic nitrogens is 1. The molecular weight excluding hydrogens is 362 g/mol. The molecule has 0 aromatic carbocycles. The number of rotatable bonds is 6. The normalized spacial score (nSPS) is 14.3. The van der Waals surface area contributed by atoms with Gasteiger partial charge in [0.25, 0.3) is 0 Å². The first-order valence-corrected chi connectivity index (χ1v) is 9.99. The van der Waals surface area contributed by atoms with Gasteiger partial charge in [-0.15, -0.1) is 11.3 Å². The predicted molar refractivity (Wildman–Crippen MR) is 106 cm³/mol. The van der Waals surface area contributed by atoms with E-state index in [9.17, 15) is 9.59 Å². The van der Waals surface area contributed by atoms with Gasteiger partial charge in [0.1, 0.15) is 6.61 Å². The van der Waals surface area contributed by atoms with Crippen LogP contribution in [0.4, 0.5) is 5.69 Å². The Bertz CT molecular complexity index is 780. The van der Waals surface area contributed by atoms with Gasteiger partial charge in [-0.05, 0) is 37.1 Å². The maximum Gasteiger partial charge on any atom is 0.302 e. The third kappa shape index (κ3) is 5.53. The number of thiophene rings is 1. The molecule has 144 valence electrons. The standard InChI is InChI=1S/C20H25N3O3S/c1-15(24)22-9-11-23(12-10-22)18-5-3-17(21-13-18)4-6-19-7-8-20(27-19)14-26-16(2)25/h3,5,7-8,13H,4,6,9-12,14H2,1-2H3. The summed E-state index contributed by atoms with van der Waals surface area (Å²) >= 11 is 1.68. The zero-order valence-electron chi connectivity index (χ0n) is 15.8. The summed E-state index contributed by atoms with van der Waals surface area (Å²) in [6.45, 7) is 6.63. The molecule has 27 heavy (non-hydrogen) atoms. The maximum atomic E-state index is 11.4. The molecule has 2 aromatic heterocycles. The second-order valence-corrected chi connectivity index (χ2v) is 7.90. The van der Waals surface area contributed by atoms with E-state index in [2.05, 4.69) is 28.1 Å². The van der Waals surface area contributed by atoms with Crippen LogP contribution in [-0.2, 0) is 33.8 Å². The number of carbonyl (C=O) groups excluding carboxylic acids is 2. The van der Waals surface area contributed by atoms with Crippen molar-refractivity contribution in [3.8, 4) is 0 Å². The molecule has 3 heterocycles. The van der Waals surface area contributed by atoms with Gasteiger partial charge in [0, 0.05) is 55.5 Å². The van der Waals surface area contributed by atoms with E-state index in [4.69, 9.17) is 4.74 Å². The molecule has 1 aliphatic heterocycles. The predicted octanol–water partition coefficient (Wildman–Crippen LogP) is 2.66. The minimum absolute atomic E-state index is 0.146. The molecule has 0 unspecified atom stereocenters. The zero-order valence-corrected chi connectivity index (χ0v) is 16.6. The van der Waals surface area contributed by atoms with E-state index in [1.165, 1.54) is 11.8 Å². The molecular formula is C20H25N3O3S. The van der Waals surface area contributed by atoms with Gasteiger partial charge in [0.15, 0.2) is 0 Å². The molecule has 1 amide bonds. The fraction of sp³-hybridized carbons (Fsp3) is 0.450. The van der Waals surface area contributed by atoms with Crippen molar-refractivity contribution in [2.45, 2.75) is 33.3 Å². The van der Waals surface area contributed by atoms with Crippen molar-refractivity contribution in [1.29, 1.82) is 0 Å². The highest BCUT2D eigenvalue weighted by atomic mass is 32.1. The number of amides is 1. The largest absolute Gasteiger partial charge is 0.460 e. The van der Waals surface area contributed by atoms with Crippen LogP contribution >= 0.6 is 11.3 Å². The van der Waals surface area contributed by atoms with E-state index in [1.807, 2.05) is 17.2 Å². The first-order chi connectivity index (χ1) is 13.0. The van der Waals surface area contributed by atoms with Gasteiger partial charge in [0.2, 0.25) is 5.91 Å². The summed E-state index contributed by atoms with van der Waals surface area (Å²) < 4.78 is 5.03. The maximum absolute atomic E-state index is 11.4. The lowest BCUT2D eigenvalue weighted by Gasteiger charge is -2.35. The lowest BCUT2D eigenvalue weighted by molar-refractivity contribution is -0.142. The summed E-state index contributed by atoms with van der Waals surface area (Å²) in [5.74, 6) is -0.107. The number of hydrogen-bond donors (Lipinski definition) is 0. The molecule has 1 aliphatic rings. The molecule has 0 aliphatic carbocycles. The molecule has 0 saturated carbocycles. The Morgan fingerprint density at radius 2 is 1.78 bits per heavy atom. The van der Waals surface area contributed by atoms with Gasteiger partial charge in [-0.2, -0.15) is 0 Å². The van der Waals surface area contributed by atoms with E-state index in [0.717, 1.165) is 55.3 Å². The van der Waals surface area contributed by atoms with Crippen molar-refractivity contribution in [1.82, 2.24) is 9.88 Å². The van der Waals surface area contributed by atoms with E-state index >= 15 is 0 Å². The molecule has 2 aromatic rings. The molecule has 7 heteroatoms. The molecule has 0 spiro atoms. The van der Waals surface area contributed by atoms with Gasteiger partial charge >= 0.3 is 5.97 Å². The van der Waals surface area contributed by atoms with Crippen molar-refractivity contribution < 1.29 is 14.3 Å². The third-order valence-corrected chi connectivity index (χ3v) is 5.78. The van der Waals surface area contributed by atoms with Crippen LogP contribution in [0.1, 0.15) is 29.3 Å². The van der Waals surface area contributed by atoms with Gasteiger partial charge < -0.3 is 14.5 Å². The molecule has 3 rings (SSSR count). The number of nitrogens with zero attached hydrogens (tertiary/aromatic N) is 3. The third-order valence-electron chi connectivity index (χ3n) is 4.66. The zero-order chi connectivity index (χ0) is 19.2. The quantitative estimate of drug-likeness (QED) is 0.713. The van der Waals surface area contributed by atoms with E-state index in [0.29, 0.717) is 6.61 Å². The van der Waals surface area contributed by atoms with Crippen LogP contribution in [0, 0.1) is 0 Å². The molecule has 0 radical (unpaired) electrons. The topological polar surface area (TPSA) is 62.7 Å². The molecule has 0 atom stereocenters. The number of esters is 1. The lowest BCUT2D eigenvalue weighted by atomic mass is 10.2. The first kappa shape index (κ1) is 19.4. The Balaban J connectivity index is 1.48. The number of anilines is 1. The molecule has 1 saturated heterocycles. The summed E-state index contributed by atoms with van der Waals surface area (Å²) in [5, 5.41) is 0. The van der Waals surface area contributed by atoms with Crippen LogP contribution in [0.3, 0.4) is 0 Å². The summed E-state index contributed by atoms with van der Waals surface area (Å²) in [7, 11) is 0. The highest BCUT2D eigenvalue weighted by molar-refractivity contribution is 7.11. The Hall–Kier alpha value is -2.41. The Morgan fingerprint density at radius 3 is 2.41 bits per heavy atom. The highest BCUT2D eigenvalue weighted by Gasteiger charge is 2.18. The molecule has 0 N–H and O–H groups in total. The van der Waals surface area contributed by atoms with Crippen molar-refractivity contribution >= 4 is 28.9 Å². The van der Waals surface area contributed by atoms with Crippen molar-refractivity contribution in [3.05, 3.63) is 45.9 Å². The fourth-order valence-corrected chi connectivity index (χ4v) is 4.02. The Morgan fingerprint density at radius 1 is 1.04 bits per heavy atom. The van der Waals surface area contributed by atoms with Crippen LogP contribution in [0.25, 0.3) is 0 Å². The summed E-state index contributed by atoms with van der Waals surface area (Å²) in [6, 6.07) is 8.30. The van der Waals surface area contributed by atoms with Gasteiger partial charge in [-0.1, -0.05) is 0 Å². The van der Waals surface area contributed by atoms with Crippen LogP contribution in [-0.4, -0.2) is 47.9 Å². The van der Waals surface area contributed by atoms with Crippen molar-refractivity contribution in [2.75, 3.05) is 31.1 Å². The number of ether oxygens (including phenoxy) is 1. The van der Waals surface area contributed by atoms with E-state index in [1.54, 1.807) is 18.3 Å². The van der Waals surface area contributed by atoms with Crippen LogP contribution in [0.2, 0.25) is 0 Å². The second kappa shape index (κ2) is 8.99.